The summed E-state index contributed by atoms with van der Waals surface area (Å²) in [4.78, 5) is 9.05. The van der Waals surface area contributed by atoms with Crippen LogP contribution in [0.2, 0.25) is 0 Å². The smallest absolute Gasteiger partial charge is 0.234 e. The molecule has 0 aliphatic heterocycles. The first-order chi connectivity index (χ1) is 7.54. The Morgan fingerprint density at radius 3 is 2.69 bits per heavy atom. The first-order valence-electron chi connectivity index (χ1n) is 5.19. The van der Waals surface area contributed by atoms with Gasteiger partial charge in [-0.05, 0) is 25.8 Å². The fourth-order valence-electron chi connectivity index (χ4n) is 1.95. The van der Waals surface area contributed by atoms with Crippen molar-refractivity contribution in [3.05, 3.63) is 28.8 Å². The molecule has 2 rings (SSSR count). The van der Waals surface area contributed by atoms with E-state index in [1.54, 1.807) is 0 Å². The molecule has 0 spiro atoms. The average molecular weight is 234 g/mol. The quantitative estimate of drug-likeness (QED) is 0.801. The summed E-state index contributed by atoms with van der Waals surface area (Å²) in [5, 5.41) is 0. The minimum absolute atomic E-state index is 0.306. The maximum atomic E-state index is 5.56. The molecule has 0 fully saturated rings. The van der Waals surface area contributed by atoms with Crippen molar-refractivity contribution in [2.75, 3.05) is 0 Å². The molecular formula is C11H14N4S. The summed E-state index contributed by atoms with van der Waals surface area (Å²) in [5.41, 5.74) is 9.61. The Morgan fingerprint density at radius 2 is 2.12 bits per heavy atom. The van der Waals surface area contributed by atoms with E-state index in [0.717, 1.165) is 17.8 Å². The molecule has 0 radical (unpaired) electrons. The zero-order chi connectivity index (χ0) is 11.9. The molecule has 2 N–H and O–H groups in total. The van der Waals surface area contributed by atoms with Crippen molar-refractivity contribution in [1.29, 1.82) is 0 Å². The predicted molar refractivity (Wildman–Crippen MR) is 67.7 cm³/mol. The lowest BCUT2D eigenvalue weighted by Gasteiger charge is -2.08. The van der Waals surface area contributed by atoms with Crippen LogP contribution in [0.4, 0.5) is 0 Å². The van der Waals surface area contributed by atoms with Crippen LogP contribution >= 0.6 is 12.2 Å². The molecule has 5 heteroatoms. The number of rotatable bonds is 2. The maximum Gasteiger partial charge on any atom is 0.234 e. The molecule has 4 nitrogen and oxygen atoms in total. The molecule has 16 heavy (non-hydrogen) atoms. The lowest BCUT2D eigenvalue weighted by Crippen LogP contribution is -2.09. The van der Waals surface area contributed by atoms with E-state index in [1.807, 2.05) is 17.5 Å². The number of hydrogen-bond donors (Lipinski definition) is 1. The lowest BCUT2D eigenvalue weighted by atomic mass is 10.1. The summed E-state index contributed by atoms with van der Waals surface area (Å²) in [7, 11) is 0. The van der Waals surface area contributed by atoms with E-state index in [-0.39, 0.29) is 0 Å². The summed E-state index contributed by atoms with van der Waals surface area (Å²) >= 11 is 4.91. The molecule has 0 aliphatic rings. The zero-order valence-electron chi connectivity index (χ0n) is 9.61. The standard InChI is InChI=1S/C11H14N4S/c1-4-8-6(2)13-11-14-9(10(12)16)5-15(11)7(8)3/h5H,4H2,1-3H3,(H2,12,16). The highest BCUT2D eigenvalue weighted by atomic mass is 32.1. The van der Waals surface area contributed by atoms with Crippen LogP contribution in [-0.2, 0) is 6.42 Å². The molecule has 2 aromatic heterocycles. The first kappa shape index (κ1) is 11.0. The van der Waals surface area contributed by atoms with Gasteiger partial charge in [0.15, 0.2) is 0 Å². The van der Waals surface area contributed by atoms with E-state index >= 15 is 0 Å². The second-order valence-electron chi connectivity index (χ2n) is 3.78. The maximum absolute atomic E-state index is 5.56. The van der Waals surface area contributed by atoms with Crippen molar-refractivity contribution in [3.8, 4) is 0 Å². The van der Waals surface area contributed by atoms with Gasteiger partial charge in [-0.15, -0.1) is 0 Å². The van der Waals surface area contributed by atoms with Crippen molar-refractivity contribution in [1.82, 2.24) is 14.4 Å². The lowest BCUT2D eigenvalue weighted by molar-refractivity contribution is 0.933. The second-order valence-corrected chi connectivity index (χ2v) is 4.21. The monoisotopic (exact) mass is 234 g/mol. The largest absolute Gasteiger partial charge is 0.388 e. The van der Waals surface area contributed by atoms with E-state index < -0.39 is 0 Å². The number of aryl methyl sites for hydroxylation is 2. The number of aromatic nitrogens is 3. The number of hydrogen-bond acceptors (Lipinski definition) is 3. The molecule has 0 amide bonds. The molecule has 0 bridgehead atoms. The van der Waals surface area contributed by atoms with Crippen molar-refractivity contribution >= 4 is 23.0 Å². The van der Waals surface area contributed by atoms with E-state index in [0.29, 0.717) is 16.5 Å². The van der Waals surface area contributed by atoms with Crippen LogP contribution in [0.25, 0.3) is 5.78 Å². The number of thiocarbonyl (C=S) groups is 1. The summed E-state index contributed by atoms with van der Waals surface area (Å²) in [6, 6.07) is 0. The molecule has 0 aromatic carbocycles. The number of nitrogens with zero attached hydrogens (tertiary/aromatic N) is 3. The van der Waals surface area contributed by atoms with Crippen LogP contribution in [0.1, 0.15) is 29.6 Å². The van der Waals surface area contributed by atoms with Gasteiger partial charge in [0, 0.05) is 17.6 Å². The van der Waals surface area contributed by atoms with Gasteiger partial charge in [-0.3, -0.25) is 4.40 Å². The Kier molecular flexibility index (Phi) is 2.63. The van der Waals surface area contributed by atoms with Crippen LogP contribution in [0.5, 0.6) is 0 Å². The van der Waals surface area contributed by atoms with E-state index in [4.69, 9.17) is 18.0 Å². The highest BCUT2D eigenvalue weighted by Crippen LogP contribution is 2.15. The number of fused-ring (bicyclic) bond motifs is 1. The Balaban J connectivity index is 2.78. The van der Waals surface area contributed by atoms with E-state index in [9.17, 15) is 0 Å². The second kappa shape index (κ2) is 3.83. The van der Waals surface area contributed by atoms with Crippen LogP contribution in [0.15, 0.2) is 6.20 Å². The third kappa shape index (κ3) is 1.57. The van der Waals surface area contributed by atoms with Gasteiger partial charge in [-0.25, -0.2) is 9.97 Å². The molecular weight excluding hydrogens is 220 g/mol. The van der Waals surface area contributed by atoms with Crippen molar-refractivity contribution in [2.45, 2.75) is 27.2 Å². The van der Waals surface area contributed by atoms with Gasteiger partial charge in [-0.2, -0.15) is 0 Å². The number of nitrogens with two attached hydrogens (primary N) is 1. The summed E-state index contributed by atoms with van der Waals surface area (Å²) in [6.07, 6.45) is 2.81. The topological polar surface area (TPSA) is 56.2 Å². The molecule has 0 saturated heterocycles. The summed E-state index contributed by atoms with van der Waals surface area (Å²) < 4.78 is 1.94. The highest BCUT2D eigenvalue weighted by molar-refractivity contribution is 7.80. The summed E-state index contributed by atoms with van der Waals surface area (Å²) in [6.45, 7) is 6.18. The Hall–Kier alpha value is -1.49. The molecule has 0 saturated carbocycles. The van der Waals surface area contributed by atoms with Gasteiger partial charge in [0.1, 0.15) is 10.7 Å². The van der Waals surface area contributed by atoms with Crippen molar-refractivity contribution in [3.63, 3.8) is 0 Å². The predicted octanol–water partition coefficient (Wildman–Crippen LogP) is 1.54. The normalized spacial score (nSPS) is 10.9. The molecule has 0 unspecified atom stereocenters. The first-order valence-corrected chi connectivity index (χ1v) is 5.60. The molecule has 2 aromatic rings. The minimum Gasteiger partial charge on any atom is -0.388 e. The molecule has 0 aliphatic carbocycles. The van der Waals surface area contributed by atoms with E-state index in [2.05, 4.69) is 23.8 Å². The molecule has 2 heterocycles. The average Bonchev–Trinajstić information content (AvgIpc) is 2.62. The van der Waals surface area contributed by atoms with Crippen LogP contribution in [-0.4, -0.2) is 19.4 Å². The molecule has 0 atom stereocenters. The van der Waals surface area contributed by atoms with Crippen molar-refractivity contribution < 1.29 is 0 Å². The van der Waals surface area contributed by atoms with E-state index in [1.165, 1.54) is 5.56 Å². The fourth-order valence-corrected chi connectivity index (χ4v) is 2.05. The van der Waals surface area contributed by atoms with Gasteiger partial charge in [0.25, 0.3) is 0 Å². The Labute approximate surface area is 99.5 Å². The summed E-state index contributed by atoms with van der Waals surface area (Å²) in [5.74, 6) is 0.662. The van der Waals surface area contributed by atoms with Gasteiger partial charge in [0.05, 0.1) is 0 Å². The van der Waals surface area contributed by atoms with Gasteiger partial charge in [-0.1, -0.05) is 19.1 Å². The van der Waals surface area contributed by atoms with Crippen molar-refractivity contribution in [2.24, 2.45) is 5.73 Å². The molecule has 84 valence electrons. The van der Waals surface area contributed by atoms with Crippen LogP contribution in [0.3, 0.4) is 0 Å². The Bertz CT molecular complexity index is 571. The number of imidazole rings is 1. The SMILES string of the molecule is CCc1c(C)nc2nc(C(N)=S)cn2c1C. The van der Waals surface area contributed by atoms with Gasteiger partial charge >= 0.3 is 0 Å². The Morgan fingerprint density at radius 1 is 1.44 bits per heavy atom. The zero-order valence-corrected chi connectivity index (χ0v) is 10.4. The third-order valence-corrected chi connectivity index (χ3v) is 3.00. The van der Waals surface area contributed by atoms with Crippen LogP contribution < -0.4 is 5.73 Å². The minimum atomic E-state index is 0.306. The van der Waals surface area contributed by atoms with Gasteiger partial charge in [0.2, 0.25) is 5.78 Å². The van der Waals surface area contributed by atoms with Gasteiger partial charge < -0.3 is 5.73 Å². The fraction of sp³-hybridized carbons (Fsp3) is 0.364. The third-order valence-electron chi connectivity index (χ3n) is 2.80. The highest BCUT2D eigenvalue weighted by Gasteiger charge is 2.11. The van der Waals surface area contributed by atoms with Crippen LogP contribution in [0, 0.1) is 13.8 Å².